The zero-order valence-corrected chi connectivity index (χ0v) is 11.9. The summed E-state index contributed by atoms with van der Waals surface area (Å²) in [4.78, 5) is 10.4. The summed E-state index contributed by atoms with van der Waals surface area (Å²) in [5.74, 6) is 0.00330. The molecular formula is C14H12ClFN2O3. The van der Waals surface area contributed by atoms with Crippen molar-refractivity contribution in [1.82, 2.24) is 0 Å². The first-order valence-electron chi connectivity index (χ1n) is 6.16. The summed E-state index contributed by atoms with van der Waals surface area (Å²) in [6.07, 6.45) is 0. The van der Waals surface area contributed by atoms with Crippen LogP contribution in [-0.2, 0) is 0 Å². The molecule has 0 aromatic heterocycles. The van der Waals surface area contributed by atoms with E-state index >= 15 is 0 Å². The second kappa shape index (κ2) is 6.41. The highest BCUT2D eigenvalue weighted by atomic mass is 35.5. The van der Waals surface area contributed by atoms with Gasteiger partial charge in [-0.15, -0.1) is 0 Å². The van der Waals surface area contributed by atoms with Crippen LogP contribution < -0.4 is 10.1 Å². The molecule has 0 radical (unpaired) electrons. The highest BCUT2D eigenvalue weighted by Crippen LogP contribution is 2.31. The van der Waals surface area contributed by atoms with E-state index in [2.05, 4.69) is 5.32 Å². The number of anilines is 1. The van der Waals surface area contributed by atoms with E-state index in [1.54, 1.807) is 6.07 Å². The molecular weight excluding hydrogens is 299 g/mol. The smallest absolute Gasteiger partial charge is 0.275 e. The van der Waals surface area contributed by atoms with Gasteiger partial charge in [0.2, 0.25) is 0 Å². The highest BCUT2D eigenvalue weighted by molar-refractivity contribution is 6.30. The summed E-state index contributed by atoms with van der Waals surface area (Å²) in [6.45, 7) is 2.49. The molecule has 0 amide bonds. The van der Waals surface area contributed by atoms with Crippen LogP contribution in [0.1, 0.15) is 6.92 Å². The molecule has 0 atom stereocenters. The van der Waals surface area contributed by atoms with Gasteiger partial charge < -0.3 is 10.1 Å². The summed E-state index contributed by atoms with van der Waals surface area (Å²) in [7, 11) is 0. The summed E-state index contributed by atoms with van der Waals surface area (Å²) >= 11 is 5.67. The summed E-state index contributed by atoms with van der Waals surface area (Å²) in [5.41, 5.74) is 0.464. The topological polar surface area (TPSA) is 64.4 Å². The number of benzene rings is 2. The monoisotopic (exact) mass is 310 g/mol. The van der Waals surface area contributed by atoms with Crippen LogP contribution in [0.25, 0.3) is 0 Å². The van der Waals surface area contributed by atoms with Crippen molar-refractivity contribution in [2.75, 3.05) is 11.9 Å². The quantitative estimate of drug-likeness (QED) is 0.647. The van der Waals surface area contributed by atoms with Crippen molar-refractivity contribution in [3.63, 3.8) is 0 Å². The lowest BCUT2D eigenvalue weighted by molar-refractivity contribution is -0.384. The lowest BCUT2D eigenvalue weighted by atomic mass is 10.2. The Labute approximate surface area is 125 Å². The Kier molecular flexibility index (Phi) is 4.59. The van der Waals surface area contributed by atoms with Gasteiger partial charge in [-0.3, -0.25) is 10.1 Å². The first-order chi connectivity index (χ1) is 9.99. The number of hydrogen-bond donors (Lipinski definition) is 1. The largest absolute Gasteiger partial charge is 0.457 e. The first-order valence-corrected chi connectivity index (χ1v) is 6.53. The zero-order valence-electron chi connectivity index (χ0n) is 11.1. The van der Waals surface area contributed by atoms with E-state index in [4.69, 9.17) is 16.3 Å². The fourth-order valence-corrected chi connectivity index (χ4v) is 1.90. The van der Waals surface area contributed by atoms with Crippen molar-refractivity contribution in [1.29, 1.82) is 0 Å². The van der Waals surface area contributed by atoms with Gasteiger partial charge in [-0.05, 0) is 19.1 Å². The van der Waals surface area contributed by atoms with Crippen LogP contribution in [0.2, 0.25) is 5.02 Å². The molecule has 1 N–H and O–H groups in total. The van der Waals surface area contributed by atoms with Crippen LogP contribution in [0, 0.1) is 15.9 Å². The minimum atomic E-state index is -0.559. The molecule has 0 heterocycles. The van der Waals surface area contributed by atoms with Crippen molar-refractivity contribution in [3.05, 3.63) is 57.4 Å². The Morgan fingerprint density at radius 3 is 2.67 bits per heavy atom. The molecule has 0 unspecified atom stereocenters. The van der Waals surface area contributed by atoms with Gasteiger partial charge in [0.25, 0.3) is 5.69 Å². The fraction of sp³-hybridized carbons (Fsp3) is 0.143. The molecule has 7 heteroatoms. The van der Waals surface area contributed by atoms with Gasteiger partial charge in [-0.1, -0.05) is 11.6 Å². The van der Waals surface area contributed by atoms with Crippen LogP contribution in [-0.4, -0.2) is 11.5 Å². The SMILES string of the molecule is CCNc1cc(Oc2ccc(F)c(Cl)c2)cc([N+](=O)[O-])c1. The second-order valence-corrected chi connectivity index (χ2v) is 4.59. The maximum absolute atomic E-state index is 13.1. The van der Waals surface area contributed by atoms with Gasteiger partial charge in [0, 0.05) is 30.4 Å². The summed E-state index contributed by atoms with van der Waals surface area (Å²) in [5, 5.41) is 13.8. The van der Waals surface area contributed by atoms with E-state index in [0.717, 1.165) is 0 Å². The fourth-order valence-electron chi connectivity index (χ4n) is 1.73. The van der Waals surface area contributed by atoms with Crippen molar-refractivity contribution < 1.29 is 14.1 Å². The Morgan fingerprint density at radius 2 is 2.05 bits per heavy atom. The molecule has 0 aliphatic carbocycles. The molecule has 21 heavy (non-hydrogen) atoms. The van der Waals surface area contributed by atoms with Gasteiger partial charge in [0.05, 0.1) is 16.0 Å². The van der Waals surface area contributed by atoms with E-state index in [0.29, 0.717) is 18.0 Å². The lowest BCUT2D eigenvalue weighted by Crippen LogP contribution is -1.98. The molecule has 2 aromatic carbocycles. The Bertz CT molecular complexity index is 679. The van der Waals surface area contributed by atoms with Crippen molar-refractivity contribution >= 4 is 23.0 Å². The van der Waals surface area contributed by atoms with Crippen LogP contribution in [0.15, 0.2) is 36.4 Å². The van der Waals surface area contributed by atoms with E-state index < -0.39 is 10.7 Å². The van der Waals surface area contributed by atoms with Crippen LogP contribution in [0.3, 0.4) is 0 Å². The van der Waals surface area contributed by atoms with Gasteiger partial charge in [-0.25, -0.2) is 4.39 Å². The Morgan fingerprint density at radius 1 is 1.29 bits per heavy atom. The van der Waals surface area contributed by atoms with Gasteiger partial charge in [-0.2, -0.15) is 0 Å². The molecule has 0 aliphatic heterocycles. The zero-order chi connectivity index (χ0) is 15.4. The number of rotatable bonds is 5. The molecule has 5 nitrogen and oxygen atoms in total. The van der Waals surface area contributed by atoms with E-state index in [1.165, 1.54) is 30.3 Å². The predicted octanol–water partition coefficient (Wildman–Crippen LogP) is 4.61. The van der Waals surface area contributed by atoms with Crippen LogP contribution in [0.5, 0.6) is 11.5 Å². The normalized spacial score (nSPS) is 10.2. The standard InChI is InChI=1S/C14H12ClFN2O3/c1-2-17-9-5-10(18(19)20)7-12(6-9)21-11-3-4-14(16)13(15)8-11/h3-8,17H,2H2,1H3. The van der Waals surface area contributed by atoms with Gasteiger partial charge in [0.15, 0.2) is 0 Å². The van der Waals surface area contributed by atoms with Crippen LogP contribution in [0.4, 0.5) is 15.8 Å². The number of hydrogen-bond acceptors (Lipinski definition) is 4. The molecule has 2 rings (SSSR count). The predicted molar refractivity (Wildman–Crippen MR) is 78.7 cm³/mol. The Hall–Kier alpha value is -2.34. The highest BCUT2D eigenvalue weighted by Gasteiger charge is 2.11. The van der Waals surface area contributed by atoms with Crippen molar-refractivity contribution in [3.8, 4) is 11.5 Å². The van der Waals surface area contributed by atoms with Gasteiger partial charge in [0.1, 0.15) is 17.3 Å². The summed E-state index contributed by atoms with van der Waals surface area (Å²) in [6, 6.07) is 8.19. The number of non-ortho nitro benzene ring substituents is 1. The maximum Gasteiger partial charge on any atom is 0.275 e. The molecule has 110 valence electrons. The maximum atomic E-state index is 13.1. The minimum absolute atomic E-state index is 0.0789. The number of ether oxygens (including phenoxy) is 1. The molecule has 2 aromatic rings. The average Bonchev–Trinajstić information content (AvgIpc) is 2.43. The third-order valence-electron chi connectivity index (χ3n) is 2.61. The number of nitrogens with zero attached hydrogens (tertiary/aromatic N) is 1. The van der Waals surface area contributed by atoms with Crippen molar-refractivity contribution in [2.45, 2.75) is 6.92 Å². The number of halogens is 2. The van der Waals surface area contributed by atoms with Crippen LogP contribution >= 0.6 is 11.6 Å². The Balaban J connectivity index is 2.33. The van der Waals surface area contributed by atoms with E-state index in [-0.39, 0.29) is 16.5 Å². The first kappa shape index (κ1) is 15.1. The second-order valence-electron chi connectivity index (χ2n) is 4.18. The summed E-state index contributed by atoms with van der Waals surface area (Å²) < 4.78 is 18.6. The third-order valence-corrected chi connectivity index (χ3v) is 2.90. The number of nitro benzene ring substituents is 1. The minimum Gasteiger partial charge on any atom is -0.457 e. The molecule has 0 saturated heterocycles. The van der Waals surface area contributed by atoms with E-state index in [9.17, 15) is 14.5 Å². The lowest BCUT2D eigenvalue weighted by Gasteiger charge is -2.09. The third kappa shape index (κ3) is 3.82. The molecule has 0 bridgehead atoms. The molecule has 0 saturated carbocycles. The average molecular weight is 311 g/mol. The number of nitro groups is 1. The van der Waals surface area contributed by atoms with Crippen molar-refractivity contribution in [2.24, 2.45) is 0 Å². The number of nitrogens with one attached hydrogen (secondary N) is 1. The molecule has 0 aliphatic rings. The van der Waals surface area contributed by atoms with Gasteiger partial charge >= 0.3 is 0 Å². The molecule has 0 spiro atoms. The molecule has 0 fully saturated rings. The van der Waals surface area contributed by atoms with E-state index in [1.807, 2.05) is 6.92 Å².